The second kappa shape index (κ2) is 8.56. The molecule has 1 saturated heterocycles. The first kappa shape index (κ1) is 21.0. The van der Waals surface area contributed by atoms with Crippen LogP contribution in [0.25, 0.3) is 0 Å². The maximum atomic E-state index is 4.89. The molecule has 1 heterocycles. The zero-order valence-electron chi connectivity index (χ0n) is 15.0. The minimum Gasteiger partial charge on any atom is -0.357 e. The van der Waals surface area contributed by atoms with E-state index in [-0.39, 0.29) is 29.4 Å². The van der Waals surface area contributed by atoms with Gasteiger partial charge in [-0.3, -0.25) is 4.99 Å². The number of rotatable bonds is 5. The summed E-state index contributed by atoms with van der Waals surface area (Å²) in [5, 5.41) is 3.45. The van der Waals surface area contributed by atoms with Gasteiger partial charge in [0.05, 0.1) is 0 Å². The molecule has 5 heteroatoms. The number of aliphatic imine (C=N–C) groups is 1. The molecule has 0 atom stereocenters. The third-order valence-corrected chi connectivity index (χ3v) is 3.71. The molecule has 0 aliphatic carbocycles. The molecule has 0 amide bonds. The quantitative estimate of drug-likeness (QED) is 0.430. The molecule has 0 radical (unpaired) electrons. The number of halogens is 1. The molecule has 1 rings (SSSR count). The average molecular weight is 410 g/mol. The lowest BCUT2D eigenvalue weighted by molar-refractivity contribution is 0.248. The highest BCUT2D eigenvalue weighted by Gasteiger charge is 2.31. The molecule has 126 valence electrons. The summed E-state index contributed by atoms with van der Waals surface area (Å²) in [6.07, 6.45) is 1.25. The predicted octanol–water partition coefficient (Wildman–Crippen LogP) is 2.89. The predicted molar refractivity (Wildman–Crippen MR) is 104 cm³/mol. The van der Waals surface area contributed by atoms with E-state index in [1.807, 2.05) is 0 Å². The van der Waals surface area contributed by atoms with Crippen molar-refractivity contribution in [1.29, 1.82) is 0 Å². The molecule has 1 aliphatic rings. The van der Waals surface area contributed by atoms with E-state index in [4.69, 9.17) is 4.99 Å². The van der Waals surface area contributed by atoms with Crippen LogP contribution in [0.1, 0.15) is 41.0 Å². The lowest BCUT2D eigenvalue weighted by Gasteiger charge is -2.28. The number of nitrogens with zero attached hydrogens (tertiary/aromatic N) is 3. The van der Waals surface area contributed by atoms with E-state index >= 15 is 0 Å². The Labute approximate surface area is 148 Å². The van der Waals surface area contributed by atoms with Crippen LogP contribution in [0.5, 0.6) is 0 Å². The number of likely N-dealkylation sites (tertiary alicyclic amines) is 1. The molecule has 0 aromatic rings. The van der Waals surface area contributed by atoms with Gasteiger partial charge in [-0.2, -0.15) is 0 Å². The van der Waals surface area contributed by atoms with Gasteiger partial charge < -0.3 is 15.1 Å². The first-order valence-electron chi connectivity index (χ1n) is 7.83. The Morgan fingerprint density at radius 1 is 1.33 bits per heavy atom. The summed E-state index contributed by atoms with van der Waals surface area (Å²) in [5.74, 6) is 1.09. The van der Waals surface area contributed by atoms with Crippen LogP contribution in [-0.4, -0.2) is 62.6 Å². The molecule has 1 fully saturated rings. The summed E-state index contributed by atoms with van der Waals surface area (Å²) < 4.78 is 0. The molecule has 0 spiro atoms. The Balaban J connectivity index is 0.00000400. The summed E-state index contributed by atoms with van der Waals surface area (Å²) in [4.78, 5) is 9.54. The van der Waals surface area contributed by atoms with Gasteiger partial charge in [0.25, 0.3) is 0 Å². The van der Waals surface area contributed by atoms with Crippen molar-refractivity contribution < 1.29 is 0 Å². The van der Waals surface area contributed by atoms with E-state index in [2.05, 4.69) is 63.8 Å². The van der Waals surface area contributed by atoms with Gasteiger partial charge in [0.15, 0.2) is 5.96 Å². The second-order valence-electron chi connectivity index (χ2n) is 7.91. The van der Waals surface area contributed by atoms with Crippen molar-refractivity contribution >= 4 is 29.9 Å². The van der Waals surface area contributed by atoms with Crippen LogP contribution in [0, 0.1) is 10.8 Å². The van der Waals surface area contributed by atoms with Crippen molar-refractivity contribution in [2.45, 2.75) is 41.0 Å². The zero-order chi connectivity index (χ0) is 15.4. The van der Waals surface area contributed by atoms with E-state index in [9.17, 15) is 0 Å². The van der Waals surface area contributed by atoms with E-state index in [1.54, 1.807) is 0 Å². The summed E-state index contributed by atoms with van der Waals surface area (Å²) in [6.45, 7) is 16.5. The summed E-state index contributed by atoms with van der Waals surface area (Å²) in [7, 11) is 4.25. The van der Waals surface area contributed by atoms with Crippen molar-refractivity contribution in [2.75, 3.05) is 46.8 Å². The molecule has 0 bridgehead atoms. The van der Waals surface area contributed by atoms with Crippen molar-refractivity contribution in [3.05, 3.63) is 0 Å². The minimum absolute atomic E-state index is 0. The smallest absolute Gasteiger partial charge is 0.193 e. The fourth-order valence-electron chi connectivity index (χ4n) is 2.91. The highest BCUT2D eigenvalue weighted by molar-refractivity contribution is 14.0. The van der Waals surface area contributed by atoms with Crippen LogP contribution in [0.3, 0.4) is 0 Å². The van der Waals surface area contributed by atoms with E-state index < -0.39 is 0 Å². The molecule has 0 saturated carbocycles. The van der Waals surface area contributed by atoms with Crippen molar-refractivity contribution in [1.82, 2.24) is 15.1 Å². The first-order valence-corrected chi connectivity index (χ1v) is 7.83. The van der Waals surface area contributed by atoms with Gasteiger partial charge in [-0.15, -0.1) is 24.0 Å². The highest BCUT2D eigenvalue weighted by Crippen LogP contribution is 2.28. The molecular formula is C16H35IN4. The molecule has 1 N–H and O–H groups in total. The van der Waals surface area contributed by atoms with Gasteiger partial charge >= 0.3 is 0 Å². The maximum absolute atomic E-state index is 4.89. The van der Waals surface area contributed by atoms with E-state index in [0.29, 0.717) is 5.41 Å². The Bertz CT molecular complexity index is 337. The van der Waals surface area contributed by atoms with Gasteiger partial charge in [-0.25, -0.2) is 0 Å². The molecule has 0 aromatic carbocycles. The fraction of sp³-hybridized carbons (Fsp3) is 0.938. The third-order valence-electron chi connectivity index (χ3n) is 3.71. The molecule has 4 nitrogen and oxygen atoms in total. The standard InChI is InChI=1S/C16H34N4.HI/c1-8-17-14(20-10-9-15(2,3)13-20)18-11-16(4,5)12-19(6)7;/h8-13H2,1-7H3,(H,17,18);1H. The third kappa shape index (κ3) is 7.68. The Morgan fingerprint density at radius 3 is 2.38 bits per heavy atom. The normalized spacial score (nSPS) is 18.9. The number of nitrogens with one attached hydrogen (secondary N) is 1. The number of hydrogen-bond donors (Lipinski definition) is 1. The topological polar surface area (TPSA) is 30.9 Å². The first-order chi connectivity index (χ1) is 9.15. The summed E-state index contributed by atoms with van der Waals surface area (Å²) in [6, 6.07) is 0. The van der Waals surface area contributed by atoms with Crippen LogP contribution in [0.15, 0.2) is 4.99 Å². The Kier molecular flexibility index (Phi) is 8.54. The van der Waals surface area contributed by atoms with Crippen molar-refractivity contribution in [2.24, 2.45) is 15.8 Å². The van der Waals surface area contributed by atoms with Crippen LogP contribution in [0.4, 0.5) is 0 Å². The van der Waals surface area contributed by atoms with Gasteiger partial charge in [0.2, 0.25) is 0 Å². The van der Waals surface area contributed by atoms with Crippen LogP contribution in [0.2, 0.25) is 0 Å². The Morgan fingerprint density at radius 2 is 1.95 bits per heavy atom. The van der Waals surface area contributed by atoms with Crippen LogP contribution < -0.4 is 5.32 Å². The molecule has 21 heavy (non-hydrogen) atoms. The second-order valence-corrected chi connectivity index (χ2v) is 7.91. The minimum atomic E-state index is 0. The number of guanidine groups is 1. The van der Waals surface area contributed by atoms with E-state index in [0.717, 1.165) is 38.7 Å². The summed E-state index contributed by atoms with van der Waals surface area (Å²) >= 11 is 0. The van der Waals surface area contributed by atoms with Gasteiger partial charge in [0.1, 0.15) is 0 Å². The molecule has 1 aliphatic heterocycles. The fourth-order valence-corrected chi connectivity index (χ4v) is 2.91. The molecular weight excluding hydrogens is 375 g/mol. The van der Waals surface area contributed by atoms with Gasteiger partial charge in [-0.1, -0.05) is 27.7 Å². The average Bonchev–Trinajstić information content (AvgIpc) is 2.63. The lowest BCUT2D eigenvalue weighted by atomic mass is 9.93. The molecule has 0 aromatic heterocycles. The zero-order valence-corrected chi connectivity index (χ0v) is 17.3. The van der Waals surface area contributed by atoms with Crippen LogP contribution in [-0.2, 0) is 0 Å². The number of hydrogen-bond acceptors (Lipinski definition) is 2. The maximum Gasteiger partial charge on any atom is 0.193 e. The van der Waals surface area contributed by atoms with Gasteiger partial charge in [0, 0.05) is 32.7 Å². The summed E-state index contributed by atoms with van der Waals surface area (Å²) in [5.41, 5.74) is 0.620. The van der Waals surface area contributed by atoms with Crippen molar-refractivity contribution in [3.8, 4) is 0 Å². The SMILES string of the molecule is CCNC(=NCC(C)(C)CN(C)C)N1CCC(C)(C)C1.I. The van der Waals surface area contributed by atoms with Crippen LogP contribution >= 0.6 is 24.0 Å². The highest BCUT2D eigenvalue weighted by atomic mass is 127. The Hall–Kier alpha value is -0.0400. The molecule has 0 unspecified atom stereocenters. The van der Waals surface area contributed by atoms with Crippen molar-refractivity contribution in [3.63, 3.8) is 0 Å². The lowest BCUT2D eigenvalue weighted by Crippen LogP contribution is -2.42. The van der Waals surface area contributed by atoms with E-state index in [1.165, 1.54) is 6.42 Å². The monoisotopic (exact) mass is 410 g/mol. The largest absolute Gasteiger partial charge is 0.357 e. The van der Waals surface area contributed by atoms with Gasteiger partial charge in [-0.05, 0) is 38.3 Å².